The Hall–Kier alpha value is -0.0431. The van der Waals surface area contributed by atoms with Gasteiger partial charge < -0.3 is 0 Å². The summed E-state index contributed by atoms with van der Waals surface area (Å²) in [6.07, 6.45) is 21.1. The number of allylic oxidation sites excluding steroid dienone is 1. The van der Waals surface area contributed by atoms with Crippen molar-refractivity contribution in [3.8, 4) is 0 Å². The maximum Gasteiger partial charge on any atom is 0.0287 e. The van der Waals surface area contributed by atoms with Crippen LogP contribution in [0.15, 0.2) is 11.8 Å². The van der Waals surface area contributed by atoms with E-state index in [4.69, 9.17) is 0 Å². The average molecular weight is 255 g/mol. The van der Waals surface area contributed by atoms with Crippen LogP contribution in [0.4, 0.5) is 0 Å². The number of hydrogen-bond donors (Lipinski definition) is 0. The van der Waals surface area contributed by atoms with E-state index in [1.165, 1.54) is 93.7 Å². The van der Waals surface area contributed by atoms with Crippen molar-refractivity contribution in [2.45, 2.75) is 90.4 Å². The first-order chi connectivity index (χ1) is 8.41. The van der Waals surface area contributed by atoms with Gasteiger partial charge in [0.1, 0.15) is 0 Å². The van der Waals surface area contributed by atoms with E-state index in [9.17, 15) is 0 Å². The minimum absolute atomic E-state index is 1.23. The molecule has 0 unspecified atom stereocenters. The van der Waals surface area contributed by atoms with Crippen LogP contribution in [0.3, 0.4) is 0 Å². The Morgan fingerprint density at radius 1 is 0.647 bits per heavy atom. The van der Waals surface area contributed by atoms with Crippen molar-refractivity contribution in [2.75, 3.05) is 0 Å². The lowest BCUT2D eigenvalue weighted by Gasteiger charge is -2.02. The summed E-state index contributed by atoms with van der Waals surface area (Å²) in [5.74, 6) is 0. The van der Waals surface area contributed by atoms with E-state index in [0.717, 1.165) is 0 Å². The second-order valence-corrected chi connectivity index (χ2v) is 5.91. The highest BCUT2D eigenvalue weighted by Gasteiger charge is 1.92. The summed E-state index contributed by atoms with van der Waals surface area (Å²) in [7, 11) is 1.23. The van der Waals surface area contributed by atoms with Gasteiger partial charge in [-0.15, -0.1) is 5.70 Å². The summed E-state index contributed by atoms with van der Waals surface area (Å²) in [4.78, 5) is 0. The van der Waals surface area contributed by atoms with Crippen molar-refractivity contribution >= 4 is 10.2 Å². The molecule has 0 rings (SSSR count). The fourth-order valence-electron chi connectivity index (χ4n) is 2.27. The fraction of sp³-hybridized carbons (Fsp3) is 0.875. The van der Waals surface area contributed by atoms with Crippen LogP contribution in [0, 0.1) is 0 Å². The lowest BCUT2D eigenvalue weighted by atomic mass is 10.0. The quantitative estimate of drug-likeness (QED) is 0.322. The van der Waals surface area contributed by atoms with Crippen LogP contribution < -0.4 is 0 Å². The van der Waals surface area contributed by atoms with E-state index in [0.29, 0.717) is 0 Å². The molecule has 0 radical (unpaired) electrons. The van der Waals surface area contributed by atoms with Gasteiger partial charge >= 0.3 is 0 Å². The van der Waals surface area contributed by atoms with Gasteiger partial charge in [-0.05, 0) is 12.8 Å². The maximum absolute atomic E-state index is 2.35. The molecule has 0 N–H and O–H groups in total. The monoisotopic (exact) mass is 254 g/mol. The molecule has 0 aromatic rings. The van der Waals surface area contributed by atoms with Gasteiger partial charge in [0.15, 0.2) is 0 Å². The number of hydrogen-bond acceptors (Lipinski definition) is 0. The summed E-state index contributed by atoms with van der Waals surface area (Å²) in [5, 5.41) is 0. The molecular formula is C16H34Si. The number of rotatable bonds is 13. The Kier molecular flexibility index (Phi) is 15.9. The molecule has 102 valence electrons. The van der Waals surface area contributed by atoms with E-state index in [1.54, 1.807) is 0 Å². The van der Waals surface area contributed by atoms with E-state index in [2.05, 4.69) is 18.7 Å². The lowest BCUT2D eigenvalue weighted by molar-refractivity contribution is 0.545. The zero-order valence-electron chi connectivity index (χ0n) is 12.3. The normalized spacial score (nSPS) is 11.6. The van der Waals surface area contributed by atoms with Crippen LogP contribution in [0.25, 0.3) is 0 Å². The predicted molar refractivity (Wildman–Crippen MR) is 84.8 cm³/mol. The molecule has 0 amide bonds. The molecular weight excluding hydrogens is 220 g/mol. The smallest absolute Gasteiger partial charge is 0.0287 e. The van der Waals surface area contributed by atoms with Crippen LogP contribution in [0.5, 0.6) is 0 Å². The Balaban J connectivity index is 2.89. The average Bonchev–Trinajstić information content (AvgIpc) is 2.35. The van der Waals surface area contributed by atoms with Crippen molar-refractivity contribution in [1.29, 1.82) is 0 Å². The minimum Gasteiger partial charge on any atom is -0.109 e. The highest BCUT2D eigenvalue weighted by atomic mass is 28.1. The minimum atomic E-state index is 1.23. The van der Waals surface area contributed by atoms with Crippen LogP contribution >= 0.6 is 0 Å². The highest BCUT2D eigenvalue weighted by molar-refractivity contribution is 6.16. The second-order valence-electron chi connectivity index (χ2n) is 5.25. The van der Waals surface area contributed by atoms with E-state index < -0.39 is 0 Å². The largest absolute Gasteiger partial charge is 0.109 e. The molecule has 0 nitrogen and oxygen atoms in total. The lowest BCUT2D eigenvalue weighted by Crippen LogP contribution is -1.82. The first kappa shape index (κ1) is 17.0. The van der Waals surface area contributed by atoms with Gasteiger partial charge in [-0.3, -0.25) is 0 Å². The Morgan fingerprint density at radius 3 is 1.47 bits per heavy atom. The third-order valence-electron chi connectivity index (χ3n) is 3.46. The molecule has 17 heavy (non-hydrogen) atoms. The molecule has 1 heteroatoms. The molecule has 0 heterocycles. The SMILES string of the molecule is CCCCCCCCCCCCCCC=C[SiH3]. The molecule has 0 aliphatic heterocycles. The van der Waals surface area contributed by atoms with Crippen molar-refractivity contribution in [3.05, 3.63) is 11.8 Å². The molecule has 0 saturated carbocycles. The molecule has 0 fully saturated rings. The molecule has 0 aliphatic rings. The molecule has 0 aromatic heterocycles. The maximum atomic E-state index is 2.35. The standard InChI is InChI=1S/C16H34Si/c1-2-3-4-5-6-7-8-9-10-11-12-13-14-15-16-17/h15-16H,2-14H2,1,17H3. The molecule has 0 aromatic carbocycles. The number of unbranched alkanes of at least 4 members (excludes halogenated alkanes) is 12. The third-order valence-corrected chi connectivity index (χ3v) is 3.93. The second kappa shape index (κ2) is 16.0. The van der Waals surface area contributed by atoms with Crippen LogP contribution in [0.2, 0.25) is 0 Å². The summed E-state index contributed by atoms with van der Waals surface area (Å²) in [6.45, 7) is 2.29. The van der Waals surface area contributed by atoms with Gasteiger partial charge in [-0.1, -0.05) is 83.6 Å². The summed E-state index contributed by atoms with van der Waals surface area (Å²) >= 11 is 0. The van der Waals surface area contributed by atoms with Gasteiger partial charge in [0.25, 0.3) is 0 Å². The van der Waals surface area contributed by atoms with Crippen molar-refractivity contribution in [2.24, 2.45) is 0 Å². The van der Waals surface area contributed by atoms with Gasteiger partial charge in [0, 0.05) is 10.2 Å². The Labute approximate surface area is 113 Å². The van der Waals surface area contributed by atoms with E-state index in [-0.39, 0.29) is 0 Å². The van der Waals surface area contributed by atoms with Crippen molar-refractivity contribution in [1.82, 2.24) is 0 Å². The molecule has 0 spiro atoms. The van der Waals surface area contributed by atoms with Gasteiger partial charge in [0.2, 0.25) is 0 Å². The Morgan fingerprint density at radius 2 is 1.06 bits per heavy atom. The van der Waals surface area contributed by atoms with Gasteiger partial charge in [-0.25, -0.2) is 0 Å². The van der Waals surface area contributed by atoms with Crippen molar-refractivity contribution in [3.63, 3.8) is 0 Å². The predicted octanol–water partition coefficient (Wildman–Crippen LogP) is 4.96. The fourth-order valence-corrected chi connectivity index (χ4v) is 2.60. The topological polar surface area (TPSA) is 0 Å². The Bertz CT molecular complexity index is 152. The molecule has 0 saturated heterocycles. The zero-order chi connectivity index (χ0) is 12.6. The first-order valence-corrected chi connectivity index (χ1v) is 9.18. The molecule has 0 aliphatic carbocycles. The van der Waals surface area contributed by atoms with E-state index >= 15 is 0 Å². The molecule has 0 atom stereocenters. The first-order valence-electron chi connectivity index (χ1n) is 8.03. The zero-order valence-corrected chi connectivity index (χ0v) is 14.3. The van der Waals surface area contributed by atoms with Crippen LogP contribution in [-0.2, 0) is 0 Å². The third kappa shape index (κ3) is 16.0. The van der Waals surface area contributed by atoms with Gasteiger partial charge in [-0.2, -0.15) is 0 Å². The van der Waals surface area contributed by atoms with Gasteiger partial charge in [0.05, 0.1) is 0 Å². The van der Waals surface area contributed by atoms with E-state index in [1.807, 2.05) is 0 Å². The van der Waals surface area contributed by atoms with Crippen molar-refractivity contribution < 1.29 is 0 Å². The molecule has 0 bridgehead atoms. The summed E-state index contributed by atoms with van der Waals surface area (Å²) in [6, 6.07) is 0. The summed E-state index contributed by atoms with van der Waals surface area (Å²) < 4.78 is 0. The highest BCUT2D eigenvalue weighted by Crippen LogP contribution is 2.12. The summed E-state index contributed by atoms with van der Waals surface area (Å²) in [5.41, 5.74) is 2.30. The van der Waals surface area contributed by atoms with Crippen LogP contribution in [-0.4, -0.2) is 10.2 Å². The van der Waals surface area contributed by atoms with Crippen LogP contribution in [0.1, 0.15) is 90.4 Å².